The third-order valence-electron chi connectivity index (χ3n) is 1.43. The Morgan fingerprint density at radius 1 is 1.27 bits per heavy atom. The summed E-state index contributed by atoms with van der Waals surface area (Å²) in [5.74, 6) is 0.840. The van der Waals surface area contributed by atoms with Crippen molar-refractivity contribution >= 4 is 17.5 Å². The van der Waals surface area contributed by atoms with Crippen LogP contribution in [0.4, 0.5) is 5.69 Å². The quantitative estimate of drug-likeness (QED) is 0.634. The summed E-state index contributed by atoms with van der Waals surface area (Å²) in [5, 5.41) is 0. The third-order valence-corrected chi connectivity index (χ3v) is 1.62. The van der Waals surface area contributed by atoms with Crippen molar-refractivity contribution < 1.29 is 4.74 Å². The maximum atomic E-state index is 5.69. The summed E-state index contributed by atoms with van der Waals surface area (Å²) in [6.45, 7) is 0. The average Bonchev–Trinajstić information content (AvgIpc) is 2.05. The lowest BCUT2D eigenvalue weighted by atomic mass is 10.3. The number of benzene rings is 1. The van der Waals surface area contributed by atoms with E-state index in [0.717, 1.165) is 11.4 Å². The highest BCUT2D eigenvalue weighted by Crippen LogP contribution is 2.18. The van der Waals surface area contributed by atoms with Crippen LogP contribution in [0.15, 0.2) is 24.3 Å². The molecule has 0 aliphatic heterocycles. The van der Waals surface area contributed by atoms with Gasteiger partial charge in [0.25, 0.3) is 0 Å². The van der Waals surface area contributed by atoms with E-state index in [1.165, 1.54) is 4.42 Å². The summed E-state index contributed by atoms with van der Waals surface area (Å²) in [4.78, 5) is 0. The van der Waals surface area contributed by atoms with Crippen LogP contribution in [-0.4, -0.2) is 14.2 Å². The van der Waals surface area contributed by atoms with E-state index in [1.54, 1.807) is 14.2 Å². The van der Waals surface area contributed by atoms with Crippen molar-refractivity contribution in [1.82, 2.24) is 0 Å². The molecule has 2 nitrogen and oxygen atoms in total. The van der Waals surface area contributed by atoms with Crippen LogP contribution in [0.25, 0.3) is 0 Å². The van der Waals surface area contributed by atoms with E-state index in [0.29, 0.717) is 0 Å². The number of ether oxygens (including phenoxy) is 1. The summed E-state index contributed by atoms with van der Waals surface area (Å²) in [6, 6.07) is 7.53. The van der Waals surface area contributed by atoms with Crippen molar-refractivity contribution in [3.8, 4) is 5.75 Å². The first-order chi connectivity index (χ1) is 5.24. The van der Waals surface area contributed by atoms with Crippen LogP contribution < -0.4 is 9.16 Å². The molecular formula is C8H10ClNO. The molecule has 0 amide bonds. The van der Waals surface area contributed by atoms with Crippen LogP contribution in [0, 0.1) is 0 Å². The van der Waals surface area contributed by atoms with Gasteiger partial charge in [0.1, 0.15) is 5.75 Å². The molecule has 0 aliphatic rings. The molecule has 0 aromatic heterocycles. The van der Waals surface area contributed by atoms with Crippen molar-refractivity contribution in [2.75, 3.05) is 18.6 Å². The highest BCUT2D eigenvalue weighted by molar-refractivity contribution is 6.25. The van der Waals surface area contributed by atoms with Gasteiger partial charge in [-0.15, -0.1) is 0 Å². The molecule has 0 N–H and O–H groups in total. The van der Waals surface area contributed by atoms with Crippen LogP contribution in [-0.2, 0) is 0 Å². The molecule has 0 fully saturated rings. The smallest absolute Gasteiger partial charge is 0.119 e. The van der Waals surface area contributed by atoms with E-state index < -0.39 is 0 Å². The standard InChI is InChI=1S/C8H10ClNO/c1-10(9)7-3-5-8(11-2)6-4-7/h3-6H,1-2H3. The Morgan fingerprint density at radius 3 is 2.18 bits per heavy atom. The van der Waals surface area contributed by atoms with Gasteiger partial charge in [-0.1, -0.05) is 0 Å². The first kappa shape index (κ1) is 8.21. The molecule has 11 heavy (non-hydrogen) atoms. The fraction of sp³-hybridized carbons (Fsp3) is 0.250. The van der Waals surface area contributed by atoms with Gasteiger partial charge in [0.05, 0.1) is 12.8 Å². The zero-order valence-corrected chi connectivity index (χ0v) is 7.30. The number of hydrogen-bond acceptors (Lipinski definition) is 2. The van der Waals surface area contributed by atoms with E-state index in [1.807, 2.05) is 24.3 Å². The molecule has 0 heterocycles. The molecule has 1 aromatic rings. The zero-order chi connectivity index (χ0) is 8.27. The Hall–Kier alpha value is -0.890. The largest absolute Gasteiger partial charge is 0.497 e. The number of nitrogens with zero attached hydrogens (tertiary/aromatic N) is 1. The lowest BCUT2D eigenvalue weighted by Crippen LogP contribution is -1.99. The Bertz CT molecular complexity index is 220. The Kier molecular flexibility index (Phi) is 2.60. The number of anilines is 1. The predicted molar refractivity (Wildman–Crippen MR) is 47.3 cm³/mol. The molecule has 60 valence electrons. The topological polar surface area (TPSA) is 12.5 Å². The third kappa shape index (κ3) is 2.02. The molecule has 0 atom stereocenters. The van der Waals surface area contributed by atoms with Gasteiger partial charge in [0.15, 0.2) is 0 Å². The number of methoxy groups -OCH3 is 1. The number of rotatable bonds is 2. The van der Waals surface area contributed by atoms with Gasteiger partial charge in [-0.3, -0.25) is 4.42 Å². The van der Waals surface area contributed by atoms with Gasteiger partial charge in [-0.2, -0.15) is 0 Å². The monoisotopic (exact) mass is 171 g/mol. The van der Waals surface area contributed by atoms with Crippen molar-refractivity contribution in [2.24, 2.45) is 0 Å². The molecule has 0 bridgehead atoms. The van der Waals surface area contributed by atoms with Crippen molar-refractivity contribution in [3.63, 3.8) is 0 Å². The summed E-state index contributed by atoms with van der Waals surface area (Å²) in [7, 11) is 3.42. The summed E-state index contributed by atoms with van der Waals surface area (Å²) in [5.41, 5.74) is 0.951. The van der Waals surface area contributed by atoms with E-state index in [4.69, 9.17) is 16.5 Å². The fourth-order valence-electron chi connectivity index (χ4n) is 0.788. The second-order valence-corrected chi connectivity index (χ2v) is 2.68. The van der Waals surface area contributed by atoms with Crippen LogP contribution in [0.3, 0.4) is 0 Å². The molecule has 0 saturated heterocycles. The SMILES string of the molecule is COc1ccc(N(C)Cl)cc1. The van der Waals surface area contributed by atoms with Crippen LogP contribution in [0.2, 0.25) is 0 Å². The minimum absolute atomic E-state index is 0.840. The van der Waals surface area contributed by atoms with Crippen LogP contribution in [0.1, 0.15) is 0 Å². The maximum Gasteiger partial charge on any atom is 0.119 e. The molecule has 1 rings (SSSR count). The molecule has 1 aromatic carbocycles. The highest BCUT2D eigenvalue weighted by atomic mass is 35.5. The lowest BCUT2D eigenvalue weighted by molar-refractivity contribution is 0.415. The van der Waals surface area contributed by atoms with E-state index >= 15 is 0 Å². The molecule has 3 heteroatoms. The van der Waals surface area contributed by atoms with Crippen molar-refractivity contribution in [1.29, 1.82) is 0 Å². The molecular weight excluding hydrogens is 162 g/mol. The molecule has 0 aliphatic carbocycles. The van der Waals surface area contributed by atoms with Gasteiger partial charge in [-0.25, -0.2) is 0 Å². The van der Waals surface area contributed by atoms with E-state index in [2.05, 4.69) is 0 Å². The Morgan fingerprint density at radius 2 is 1.82 bits per heavy atom. The van der Waals surface area contributed by atoms with Gasteiger partial charge < -0.3 is 4.74 Å². The Labute approximate surface area is 71.4 Å². The zero-order valence-electron chi connectivity index (χ0n) is 6.54. The maximum absolute atomic E-state index is 5.69. The van der Waals surface area contributed by atoms with Crippen molar-refractivity contribution in [2.45, 2.75) is 0 Å². The number of halogens is 1. The highest BCUT2D eigenvalue weighted by Gasteiger charge is 1.95. The predicted octanol–water partition coefficient (Wildman–Crippen LogP) is 2.29. The number of hydrogen-bond donors (Lipinski definition) is 0. The van der Waals surface area contributed by atoms with Gasteiger partial charge in [-0.05, 0) is 24.3 Å². The van der Waals surface area contributed by atoms with Crippen LogP contribution >= 0.6 is 11.8 Å². The van der Waals surface area contributed by atoms with E-state index in [9.17, 15) is 0 Å². The van der Waals surface area contributed by atoms with Gasteiger partial charge in [0.2, 0.25) is 0 Å². The molecule has 0 radical (unpaired) electrons. The van der Waals surface area contributed by atoms with Crippen molar-refractivity contribution in [3.05, 3.63) is 24.3 Å². The fourth-order valence-corrected chi connectivity index (χ4v) is 0.900. The van der Waals surface area contributed by atoms with Gasteiger partial charge >= 0.3 is 0 Å². The molecule has 0 spiro atoms. The summed E-state index contributed by atoms with van der Waals surface area (Å²) < 4.78 is 6.51. The van der Waals surface area contributed by atoms with Gasteiger partial charge in [0, 0.05) is 18.8 Å². The summed E-state index contributed by atoms with van der Waals surface area (Å²) in [6.07, 6.45) is 0. The van der Waals surface area contributed by atoms with E-state index in [-0.39, 0.29) is 0 Å². The normalized spacial score (nSPS) is 9.36. The second kappa shape index (κ2) is 3.49. The lowest BCUT2D eigenvalue weighted by Gasteiger charge is -2.08. The van der Waals surface area contributed by atoms with Crippen LogP contribution in [0.5, 0.6) is 5.75 Å². The Balaban J connectivity index is 2.83. The minimum Gasteiger partial charge on any atom is -0.497 e. The molecule has 0 unspecified atom stereocenters. The first-order valence-corrected chi connectivity index (χ1v) is 3.61. The second-order valence-electron chi connectivity index (χ2n) is 2.18. The molecule has 0 saturated carbocycles. The first-order valence-electron chi connectivity index (χ1n) is 3.27. The minimum atomic E-state index is 0.840. The average molecular weight is 172 g/mol. The summed E-state index contributed by atoms with van der Waals surface area (Å²) >= 11 is 5.69.